The van der Waals surface area contributed by atoms with E-state index in [9.17, 15) is 0 Å². The van der Waals surface area contributed by atoms with Gasteiger partial charge in [-0.1, -0.05) is 12.1 Å². The number of H-pyrrole nitrogens is 1. The number of hydrogen-bond donors (Lipinski definition) is 1. The Balaban J connectivity index is 2.22. The van der Waals surface area contributed by atoms with Crippen molar-refractivity contribution in [3.05, 3.63) is 54.5 Å². The van der Waals surface area contributed by atoms with Crippen molar-refractivity contribution >= 4 is 10.9 Å². The van der Waals surface area contributed by atoms with E-state index in [0.717, 1.165) is 0 Å². The molecule has 0 fully saturated rings. The topological polar surface area (TPSA) is 28.7 Å². The highest BCUT2D eigenvalue weighted by Crippen LogP contribution is 2.25. The lowest BCUT2D eigenvalue weighted by Crippen LogP contribution is -1.84. The molecule has 0 saturated carbocycles. The highest BCUT2D eigenvalue weighted by molar-refractivity contribution is 5.85. The predicted octanol–water partition coefficient (Wildman–Crippen LogP) is 3.54. The number of aryl methyl sites for hydroxylation is 1. The molecule has 2 heteroatoms. The molecule has 2 heterocycles. The number of benzene rings is 1. The van der Waals surface area contributed by atoms with E-state index in [1.807, 2.05) is 24.7 Å². The second-order valence-electron chi connectivity index (χ2n) is 3.97. The van der Waals surface area contributed by atoms with Crippen molar-refractivity contribution in [3.8, 4) is 11.1 Å². The Morgan fingerprint density at radius 2 is 2.06 bits per heavy atom. The molecule has 78 valence electrons. The highest BCUT2D eigenvalue weighted by Gasteiger charge is 2.02. The van der Waals surface area contributed by atoms with Gasteiger partial charge in [0.2, 0.25) is 0 Å². The predicted molar refractivity (Wildman–Crippen MR) is 66.3 cm³/mol. The molecule has 0 bridgehead atoms. The van der Waals surface area contributed by atoms with Crippen LogP contribution in [0.2, 0.25) is 0 Å². The number of nitrogens with one attached hydrogen (secondary N) is 1. The lowest BCUT2D eigenvalue weighted by molar-refractivity contribution is 1.29. The van der Waals surface area contributed by atoms with Crippen molar-refractivity contribution in [3.63, 3.8) is 0 Å². The van der Waals surface area contributed by atoms with Crippen LogP contribution in [-0.2, 0) is 0 Å². The molecule has 3 rings (SSSR count). The number of aromatic nitrogens is 2. The fourth-order valence-corrected chi connectivity index (χ4v) is 1.98. The fourth-order valence-electron chi connectivity index (χ4n) is 1.98. The van der Waals surface area contributed by atoms with Gasteiger partial charge < -0.3 is 4.98 Å². The molecular weight excluding hydrogens is 196 g/mol. The second-order valence-corrected chi connectivity index (χ2v) is 3.97. The number of rotatable bonds is 1. The van der Waals surface area contributed by atoms with Crippen molar-refractivity contribution in [2.75, 3.05) is 0 Å². The van der Waals surface area contributed by atoms with Gasteiger partial charge >= 0.3 is 0 Å². The molecule has 1 N–H and O–H groups in total. The van der Waals surface area contributed by atoms with E-state index in [2.05, 4.69) is 41.2 Å². The van der Waals surface area contributed by atoms with E-state index in [1.54, 1.807) is 0 Å². The molecule has 0 radical (unpaired) electrons. The number of fused-ring (bicyclic) bond motifs is 1. The van der Waals surface area contributed by atoms with Gasteiger partial charge in [-0.05, 0) is 41.6 Å². The minimum atomic E-state index is 1.17. The van der Waals surface area contributed by atoms with Crippen LogP contribution in [0.4, 0.5) is 0 Å². The van der Waals surface area contributed by atoms with Gasteiger partial charge in [-0.15, -0.1) is 0 Å². The van der Waals surface area contributed by atoms with Gasteiger partial charge in [0.05, 0.1) is 0 Å². The Bertz CT molecular complexity index is 638. The molecular formula is C14H12N2. The zero-order valence-electron chi connectivity index (χ0n) is 9.07. The quantitative estimate of drug-likeness (QED) is 0.651. The van der Waals surface area contributed by atoms with E-state index in [0.29, 0.717) is 0 Å². The smallest absolute Gasteiger partial charge is 0.0460 e. The van der Waals surface area contributed by atoms with E-state index in [1.165, 1.54) is 27.6 Å². The third kappa shape index (κ3) is 1.39. The molecule has 2 nitrogen and oxygen atoms in total. The molecule has 0 unspecified atom stereocenters. The van der Waals surface area contributed by atoms with Crippen LogP contribution in [0.3, 0.4) is 0 Å². The first-order chi connectivity index (χ1) is 7.84. The summed E-state index contributed by atoms with van der Waals surface area (Å²) >= 11 is 0. The summed E-state index contributed by atoms with van der Waals surface area (Å²) in [5.41, 5.74) is 4.82. The fraction of sp³-hybridized carbons (Fsp3) is 0.0714. The van der Waals surface area contributed by atoms with Crippen LogP contribution in [-0.4, -0.2) is 9.97 Å². The van der Waals surface area contributed by atoms with E-state index >= 15 is 0 Å². The standard InChI is InChI=1S/C14H12N2/c1-10-4-6-15-9-13(10)12-3-2-11-5-7-16-14(11)8-12/h2-9,16H,1H3. The molecule has 0 saturated heterocycles. The Morgan fingerprint density at radius 3 is 2.94 bits per heavy atom. The lowest BCUT2D eigenvalue weighted by atomic mass is 10.0. The zero-order chi connectivity index (χ0) is 11.0. The van der Waals surface area contributed by atoms with Crippen LogP contribution in [0.5, 0.6) is 0 Å². The molecule has 0 atom stereocenters. The average Bonchev–Trinajstić information content (AvgIpc) is 2.76. The lowest BCUT2D eigenvalue weighted by Gasteiger charge is -2.04. The summed E-state index contributed by atoms with van der Waals surface area (Å²) < 4.78 is 0. The van der Waals surface area contributed by atoms with Crippen LogP contribution in [0.25, 0.3) is 22.0 Å². The summed E-state index contributed by atoms with van der Waals surface area (Å²) in [6, 6.07) is 10.6. The summed E-state index contributed by atoms with van der Waals surface area (Å²) in [5.74, 6) is 0. The summed E-state index contributed by atoms with van der Waals surface area (Å²) in [4.78, 5) is 7.41. The van der Waals surface area contributed by atoms with Crippen LogP contribution in [0.15, 0.2) is 48.9 Å². The maximum absolute atomic E-state index is 4.18. The minimum absolute atomic E-state index is 1.17. The van der Waals surface area contributed by atoms with E-state index < -0.39 is 0 Å². The Hall–Kier alpha value is -2.09. The van der Waals surface area contributed by atoms with Crippen molar-refractivity contribution in [1.29, 1.82) is 0 Å². The minimum Gasteiger partial charge on any atom is -0.361 e. The van der Waals surface area contributed by atoms with Gasteiger partial charge in [0.15, 0.2) is 0 Å². The first kappa shape index (κ1) is 9.16. The molecule has 2 aromatic heterocycles. The average molecular weight is 208 g/mol. The number of aromatic amines is 1. The van der Waals surface area contributed by atoms with Crippen LogP contribution >= 0.6 is 0 Å². The first-order valence-electron chi connectivity index (χ1n) is 5.33. The van der Waals surface area contributed by atoms with Crippen molar-refractivity contribution in [1.82, 2.24) is 9.97 Å². The van der Waals surface area contributed by atoms with Crippen molar-refractivity contribution in [2.24, 2.45) is 0 Å². The largest absolute Gasteiger partial charge is 0.361 e. The Morgan fingerprint density at radius 1 is 1.12 bits per heavy atom. The number of hydrogen-bond acceptors (Lipinski definition) is 1. The molecule has 0 aliphatic heterocycles. The van der Waals surface area contributed by atoms with Gasteiger partial charge in [-0.25, -0.2) is 0 Å². The molecule has 0 spiro atoms. The van der Waals surface area contributed by atoms with Gasteiger partial charge in [0.25, 0.3) is 0 Å². The highest BCUT2D eigenvalue weighted by atomic mass is 14.7. The summed E-state index contributed by atoms with van der Waals surface area (Å²) in [7, 11) is 0. The molecule has 0 aliphatic rings. The monoisotopic (exact) mass is 208 g/mol. The SMILES string of the molecule is Cc1ccncc1-c1ccc2cc[nH]c2c1. The van der Waals surface area contributed by atoms with Gasteiger partial charge in [0, 0.05) is 29.7 Å². The third-order valence-electron chi connectivity index (χ3n) is 2.91. The van der Waals surface area contributed by atoms with Gasteiger partial charge in [-0.2, -0.15) is 0 Å². The molecule has 0 amide bonds. The molecule has 1 aromatic carbocycles. The summed E-state index contributed by atoms with van der Waals surface area (Å²) in [5, 5.41) is 1.24. The van der Waals surface area contributed by atoms with Crippen LogP contribution in [0.1, 0.15) is 5.56 Å². The summed E-state index contributed by atoms with van der Waals surface area (Å²) in [6.07, 6.45) is 5.70. The molecule has 3 aromatic rings. The Kier molecular flexibility index (Phi) is 2.00. The normalized spacial score (nSPS) is 10.8. The van der Waals surface area contributed by atoms with Crippen molar-refractivity contribution < 1.29 is 0 Å². The zero-order valence-corrected chi connectivity index (χ0v) is 9.07. The molecule has 16 heavy (non-hydrogen) atoms. The van der Waals surface area contributed by atoms with Crippen molar-refractivity contribution in [2.45, 2.75) is 6.92 Å². The second kappa shape index (κ2) is 3.49. The number of nitrogens with zero attached hydrogens (tertiary/aromatic N) is 1. The van der Waals surface area contributed by atoms with Crippen LogP contribution in [0, 0.1) is 6.92 Å². The molecule has 0 aliphatic carbocycles. The summed E-state index contributed by atoms with van der Waals surface area (Å²) in [6.45, 7) is 2.11. The maximum Gasteiger partial charge on any atom is 0.0460 e. The van der Waals surface area contributed by atoms with Gasteiger partial charge in [-0.3, -0.25) is 4.98 Å². The first-order valence-corrected chi connectivity index (χ1v) is 5.33. The van der Waals surface area contributed by atoms with E-state index in [4.69, 9.17) is 0 Å². The van der Waals surface area contributed by atoms with Crippen LogP contribution < -0.4 is 0 Å². The van der Waals surface area contributed by atoms with Gasteiger partial charge in [0.1, 0.15) is 0 Å². The number of pyridine rings is 1. The maximum atomic E-state index is 4.18. The van der Waals surface area contributed by atoms with E-state index in [-0.39, 0.29) is 0 Å². The Labute approximate surface area is 94.0 Å². The third-order valence-corrected chi connectivity index (χ3v) is 2.91.